The van der Waals surface area contributed by atoms with Crippen molar-refractivity contribution in [3.63, 3.8) is 0 Å². The first-order valence-corrected chi connectivity index (χ1v) is 8.52. The van der Waals surface area contributed by atoms with Crippen LogP contribution in [0.3, 0.4) is 0 Å². The Morgan fingerprint density at radius 3 is 2.72 bits per heavy atom. The van der Waals surface area contributed by atoms with Gasteiger partial charge in [-0.05, 0) is 42.3 Å². The number of carbonyl (C=O) groups excluding carboxylic acids is 1. The van der Waals surface area contributed by atoms with Crippen LogP contribution in [0.2, 0.25) is 5.02 Å². The van der Waals surface area contributed by atoms with Crippen molar-refractivity contribution in [2.45, 2.75) is 13.0 Å². The van der Waals surface area contributed by atoms with Crippen LogP contribution in [-0.2, 0) is 13.6 Å². The third-order valence-corrected chi connectivity index (χ3v) is 4.38. The lowest BCUT2D eigenvalue weighted by atomic mass is 10.1. The molecule has 0 aliphatic heterocycles. The molecule has 0 atom stereocenters. The van der Waals surface area contributed by atoms with Gasteiger partial charge in [0.15, 0.2) is 0 Å². The molecule has 3 aromatic rings. The molecule has 1 N–H and O–H groups in total. The standard InChI is InChI=1S/C19H20ClN3O2/c1-22-13-21-17-11-15(5-8-18(17)22)19(25)23(9-2-10-24)12-14-3-6-16(20)7-4-14/h3-8,11,13,24H,2,9-10,12H2,1H3. The van der Waals surface area contributed by atoms with Crippen LogP contribution >= 0.6 is 11.6 Å². The van der Waals surface area contributed by atoms with Crippen LogP contribution in [-0.4, -0.2) is 38.6 Å². The minimum Gasteiger partial charge on any atom is -0.396 e. The number of hydrogen-bond acceptors (Lipinski definition) is 3. The van der Waals surface area contributed by atoms with Gasteiger partial charge in [-0.1, -0.05) is 23.7 Å². The van der Waals surface area contributed by atoms with E-state index < -0.39 is 0 Å². The number of benzene rings is 2. The van der Waals surface area contributed by atoms with E-state index in [9.17, 15) is 4.79 Å². The second-order valence-electron chi connectivity index (χ2n) is 5.99. The molecule has 0 unspecified atom stereocenters. The fourth-order valence-electron chi connectivity index (χ4n) is 2.78. The number of aryl methyl sites for hydroxylation is 1. The second-order valence-corrected chi connectivity index (χ2v) is 6.43. The quantitative estimate of drug-likeness (QED) is 0.736. The summed E-state index contributed by atoms with van der Waals surface area (Å²) in [6.07, 6.45) is 2.27. The Balaban J connectivity index is 1.85. The van der Waals surface area contributed by atoms with Crippen LogP contribution in [0.5, 0.6) is 0 Å². The zero-order valence-electron chi connectivity index (χ0n) is 14.0. The predicted molar refractivity (Wildman–Crippen MR) is 98.6 cm³/mol. The van der Waals surface area contributed by atoms with Crippen molar-refractivity contribution < 1.29 is 9.90 Å². The molecule has 1 aromatic heterocycles. The van der Waals surface area contributed by atoms with Gasteiger partial charge in [0.05, 0.1) is 17.4 Å². The van der Waals surface area contributed by atoms with Gasteiger partial charge in [0.2, 0.25) is 0 Å². The smallest absolute Gasteiger partial charge is 0.254 e. The average molecular weight is 358 g/mol. The maximum absolute atomic E-state index is 13.0. The van der Waals surface area contributed by atoms with Gasteiger partial charge in [0.1, 0.15) is 0 Å². The Hall–Kier alpha value is -2.37. The van der Waals surface area contributed by atoms with Crippen LogP contribution in [0.15, 0.2) is 48.8 Å². The topological polar surface area (TPSA) is 58.4 Å². The Morgan fingerprint density at radius 1 is 1.24 bits per heavy atom. The number of rotatable bonds is 6. The third kappa shape index (κ3) is 4.00. The molecule has 0 saturated carbocycles. The number of aliphatic hydroxyl groups is 1. The first-order chi connectivity index (χ1) is 12.1. The molecule has 3 rings (SSSR count). The number of nitrogens with zero attached hydrogens (tertiary/aromatic N) is 3. The molecule has 6 heteroatoms. The van der Waals surface area contributed by atoms with E-state index in [4.69, 9.17) is 16.7 Å². The van der Waals surface area contributed by atoms with E-state index in [0.29, 0.717) is 30.1 Å². The molecule has 1 amide bonds. The molecule has 0 fully saturated rings. The van der Waals surface area contributed by atoms with E-state index in [0.717, 1.165) is 16.6 Å². The summed E-state index contributed by atoms with van der Waals surface area (Å²) >= 11 is 5.93. The normalized spacial score (nSPS) is 11.0. The molecule has 25 heavy (non-hydrogen) atoms. The van der Waals surface area contributed by atoms with Gasteiger partial charge in [0, 0.05) is 37.3 Å². The predicted octanol–water partition coefficient (Wildman–Crippen LogP) is 3.25. The molecule has 0 bridgehead atoms. The number of hydrogen-bond donors (Lipinski definition) is 1. The Bertz CT molecular complexity index is 874. The first kappa shape index (κ1) is 17.5. The lowest BCUT2D eigenvalue weighted by molar-refractivity contribution is 0.0732. The summed E-state index contributed by atoms with van der Waals surface area (Å²) in [5.41, 5.74) is 3.37. The summed E-state index contributed by atoms with van der Waals surface area (Å²) in [5, 5.41) is 9.81. The molecule has 0 radical (unpaired) electrons. The van der Waals surface area contributed by atoms with E-state index >= 15 is 0 Å². The van der Waals surface area contributed by atoms with Crippen LogP contribution in [0.25, 0.3) is 11.0 Å². The highest BCUT2D eigenvalue weighted by Gasteiger charge is 2.17. The minimum absolute atomic E-state index is 0.0453. The molecular formula is C19H20ClN3O2. The molecule has 0 spiro atoms. The van der Waals surface area contributed by atoms with Crippen LogP contribution in [0.1, 0.15) is 22.3 Å². The fraction of sp³-hybridized carbons (Fsp3) is 0.263. The highest BCUT2D eigenvalue weighted by molar-refractivity contribution is 6.30. The number of amides is 1. The van der Waals surface area contributed by atoms with Crippen LogP contribution < -0.4 is 0 Å². The van der Waals surface area contributed by atoms with Crippen molar-refractivity contribution in [1.29, 1.82) is 0 Å². The van der Waals surface area contributed by atoms with Crippen LogP contribution in [0, 0.1) is 0 Å². The highest BCUT2D eigenvalue weighted by Crippen LogP contribution is 2.18. The molecular weight excluding hydrogens is 338 g/mol. The SMILES string of the molecule is Cn1cnc2cc(C(=O)N(CCCO)Cc3ccc(Cl)cc3)ccc21. The van der Waals surface area contributed by atoms with E-state index in [2.05, 4.69) is 4.98 Å². The number of carbonyl (C=O) groups is 1. The second kappa shape index (κ2) is 7.68. The van der Waals surface area contributed by atoms with Gasteiger partial charge < -0.3 is 14.6 Å². The van der Waals surface area contributed by atoms with Gasteiger partial charge in [0.25, 0.3) is 5.91 Å². The Morgan fingerprint density at radius 2 is 2.00 bits per heavy atom. The van der Waals surface area contributed by atoms with Gasteiger partial charge in [-0.15, -0.1) is 0 Å². The molecule has 1 heterocycles. The molecule has 0 aliphatic rings. The van der Waals surface area contributed by atoms with Gasteiger partial charge >= 0.3 is 0 Å². The summed E-state index contributed by atoms with van der Waals surface area (Å²) < 4.78 is 1.92. The zero-order valence-corrected chi connectivity index (χ0v) is 14.8. The Labute approximate surface area is 151 Å². The van der Waals surface area contributed by atoms with Crippen molar-refractivity contribution in [1.82, 2.24) is 14.5 Å². The van der Waals surface area contributed by atoms with Crippen molar-refractivity contribution in [3.8, 4) is 0 Å². The molecule has 0 saturated heterocycles. The monoisotopic (exact) mass is 357 g/mol. The van der Waals surface area contributed by atoms with Crippen molar-refractivity contribution in [2.24, 2.45) is 7.05 Å². The fourth-order valence-corrected chi connectivity index (χ4v) is 2.90. The number of imidazole rings is 1. The Kier molecular flexibility index (Phi) is 5.36. The summed E-state index contributed by atoms with van der Waals surface area (Å²) in [6.45, 7) is 0.998. The van der Waals surface area contributed by atoms with E-state index in [1.54, 1.807) is 11.2 Å². The maximum atomic E-state index is 13.0. The van der Waals surface area contributed by atoms with Crippen molar-refractivity contribution >= 4 is 28.5 Å². The van der Waals surface area contributed by atoms with Crippen molar-refractivity contribution in [2.75, 3.05) is 13.2 Å². The summed E-state index contributed by atoms with van der Waals surface area (Å²) in [4.78, 5) is 19.0. The lowest BCUT2D eigenvalue weighted by Crippen LogP contribution is -2.32. The molecule has 130 valence electrons. The average Bonchev–Trinajstić information content (AvgIpc) is 3.00. The maximum Gasteiger partial charge on any atom is 0.254 e. The zero-order chi connectivity index (χ0) is 17.8. The molecule has 5 nitrogen and oxygen atoms in total. The summed E-state index contributed by atoms with van der Waals surface area (Å²) in [5.74, 6) is -0.0732. The van der Waals surface area contributed by atoms with Crippen LogP contribution in [0.4, 0.5) is 0 Å². The highest BCUT2D eigenvalue weighted by atomic mass is 35.5. The third-order valence-electron chi connectivity index (χ3n) is 4.13. The van der Waals surface area contributed by atoms with Gasteiger partial charge in [-0.25, -0.2) is 4.98 Å². The van der Waals surface area contributed by atoms with E-state index in [1.807, 2.05) is 54.1 Å². The van der Waals surface area contributed by atoms with E-state index in [1.165, 1.54) is 0 Å². The number of aromatic nitrogens is 2. The van der Waals surface area contributed by atoms with Gasteiger partial charge in [-0.2, -0.15) is 0 Å². The first-order valence-electron chi connectivity index (χ1n) is 8.14. The minimum atomic E-state index is -0.0732. The van der Waals surface area contributed by atoms with Gasteiger partial charge in [-0.3, -0.25) is 4.79 Å². The number of halogens is 1. The largest absolute Gasteiger partial charge is 0.396 e. The van der Waals surface area contributed by atoms with E-state index in [-0.39, 0.29) is 12.5 Å². The molecule has 0 aliphatic carbocycles. The summed E-state index contributed by atoms with van der Waals surface area (Å²) in [7, 11) is 1.92. The molecule has 2 aromatic carbocycles. The lowest BCUT2D eigenvalue weighted by Gasteiger charge is -2.23. The number of aliphatic hydroxyl groups excluding tert-OH is 1. The summed E-state index contributed by atoms with van der Waals surface area (Å²) in [6, 6.07) is 13.0. The van der Waals surface area contributed by atoms with Crippen molar-refractivity contribution in [3.05, 3.63) is 64.9 Å². The number of fused-ring (bicyclic) bond motifs is 1.